The fraction of sp³-hybridized carbons (Fsp3) is 0.281. The first-order valence-corrected chi connectivity index (χ1v) is 15.1. The highest BCUT2D eigenvalue weighted by Gasteiger charge is 2.34. The average molecular weight is 603 g/mol. The van der Waals surface area contributed by atoms with Gasteiger partial charge in [0.1, 0.15) is 0 Å². The van der Waals surface area contributed by atoms with Gasteiger partial charge in [0.15, 0.2) is 16.3 Å². The summed E-state index contributed by atoms with van der Waals surface area (Å²) in [4.78, 5) is 35.0. The molecule has 0 N–H and O–H groups in total. The van der Waals surface area contributed by atoms with Crippen molar-refractivity contribution in [3.8, 4) is 17.2 Å². The molecule has 4 aromatic rings. The molecule has 6 rings (SSSR count). The number of rotatable bonds is 6. The largest absolute Gasteiger partial charge is 0.454 e. The zero-order valence-corrected chi connectivity index (χ0v) is 25.7. The van der Waals surface area contributed by atoms with Gasteiger partial charge in [0.05, 0.1) is 21.8 Å². The summed E-state index contributed by atoms with van der Waals surface area (Å²) >= 11 is 7.54. The van der Waals surface area contributed by atoms with Crippen LogP contribution in [0, 0.1) is 13.8 Å². The summed E-state index contributed by atoms with van der Waals surface area (Å²) < 4.78 is 15.4. The summed E-state index contributed by atoms with van der Waals surface area (Å²) in [6.45, 7) is 11.1. The SMILES string of the molecule is CCN(CC)C(=O)C1=C(C)N=c2s/c(=C\c3cc(C)n(-c4ccc5c(c4)OCO5)c3C)c(=O)n2[C@H]1c1ccc(Cl)cc1. The monoisotopic (exact) mass is 602 g/mol. The van der Waals surface area contributed by atoms with Crippen molar-refractivity contribution in [2.45, 2.75) is 40.7 Å². The maximum atomic E-state index is 14.1. The minimum Gasteiger partial charge on any atom is -0.454 e. The number of halogens is 1. The second kappa shape index (κ2) is 11.0. The topological polar surface area (TPSA) is 78.1 Å². The number of hydrogen-bond acceptors (Lipinski definition) is 6. The van der Waals surface area contributed by atoms with E-state index >= 15 is 0 Å². The highest BCUT2D eigenvalue weighted by Crippen LogP contribution is 2.35. The van der Waals surface area contributed by atoms with E-state index in [0.29, 0.717) is 44.5 Å². The van der Waals surface area contributed by atoms with Gasteiger partial charge in [-0.25, -0.2) is 4.99 Å². The Hall–Kier alpha value is -4.08. The molecule has 1 amide bonds. The highest BCUT2D eigenvalue weighted by atomic mass is 35.5. The molecule has 2 aromatic heterocycles. The van der Waals surface area contributed by atoms with Crippen molar-refractivity contribution in [3.05, 3.63) is 107 Å². The lowest BCUT2D eigenvalue weighted by Gasteiger charge is -2.29. The molecule has 8 nitrogen and oxygen atoms in total. The van der Waals surface area contributed by atoms with Crippen LogP contribution < -0.4 is 24.4 Å². The molecule has 2 aliphatic rings. The van der Waals surface area contributed by atoms with E-state index in [1.165, 1.54) is 11.3 Å². The number of carbonyl (C=O) groups excluding carboxylic acids is 1. The van der Waals surface area contributed by atoms with E-state index < -0.39 is 6.04 Å². The van der Waals surface area contributed by atoms with E-state index in [1.54, 1.807) is 21.6 Å². The van der Waals surface area contributed by atoms with Gasteiger partial charge < -0.3 is 18.9 Å². The standard InChI is InChI=1S/C32H31ClN4O4S/c1-6-35(7-2)31(39)28-19(4)34-32-37(29(28)21-8-10-23(33)11-9-21)30(38)27(42-32)15-22-14-18(3)36(20(22)5)24-12-13-25-26(16-24)41-17-40-25/h8-16,29H,6-7,17H2,1-5H3/b27-15-/t29-/m0/s1. The summed E-state index contributed by atoms with van der Waals surface area (Å²) in [5.74, 6) is 1.32. The normalized spacial score (nSPS) is 16.0. The van der Waals surface area contributed by atoms with Crippen molar-refractivity contribution < 1.29 is 14.3 Å². The lowest BCUT2D eigenvalue weighted by molar-refractivity contribution is -0.127. The fourth-order valence-electron chi connectivity index (χ4n) is 5.73. The summed E-state index contributed by atoms with van der Waals surface area (Å²) in [6, 6.07) is 14.6. The molecular formula is C32H31ClN4O4S. The summed E-state index contributed by atoms with van der Waals surface area (Å²) in [6.07, 6.45) is 1.92. The molecule has 4 heterocycles. The number of fused-ring (bicyclic) bond motifs is 2. The number of nitrogens with zero attached hydrogens (tertiary/aromatic N) is 4. The number of likely N-dealkylation sites (N-methyl/N-ethyl adjacent to an activating group) is 1. The predicted molar refractivity (Wildman–Crippen MR) is 165 cm³/mol. The van der Waals surface area contributed by atoms with Crippen LogP contribution in [-0.2, 0) is 4.79 Å². The van der Waals surface area contributed by atoms with Crippen molar-refractivity contribution >= 4 is 34.9 Å². The number of aromatic nitrogens is 2. The van der Waals surface area contributed by atoms with Gasteiger partial charge in [0, 0.05) is 41.3 Å². The highest BCUT2D eigenvalue weighted by molar-refractivity contribution is 7.07. The summed E-state index contributed by atoms with van der Waals surface area (Å²) in [5, 5.41) is 0.585. The first-order chi connectivity index (χ1) is 20.2. The Morgan fingerprint density at radius 1 is 1.07 bits per heavy atom. The Labute approximate surface area is 252 Å². The Bertz CT molecular complexity index is 1930. The Kier molecular flexibility index (Phi) is 7.32. The predicted octanol–water partition coefficient (Wildman–Crippen LogP) is 4.89. The van der Waals surface area contributed by atoms with Gasteiger partial charge in [-0.05, 0) is 82.2 Å². The Morgan fingerprint density at radius 2 is 1.79 bits per heavy atom. The molecule has 0 aliphatic carbocycles. The number of carbonyl (C=O) groups is 1. The van der Waals surface area contributed by atoms with Crippen LogP contribution in [0.25, 0.3) is 11.8 Å². The maximum absolute atomic E-state index is 14.1. The van der Waals surface area contributed by atoms with Crippen LogP contribution in [0.3, 0.4) is 0 Å². The van der Waals surface area contributed by atoms with E-state index in [-0.39, 0.29) is 18.3 Å². The molecular weight excluding hydrogens is 572 g/mol. The quantitative estimate of drug-likeness (QED) is 0.315. The van der Waals surface area contributed by atoms with Gasteiger partial charge in [0.25, 0.3) is 11.5 Å². The van der Waals surface area contributed by atoms with Gasteiger partial charge in [-0.15, -0.1) is 0 Å². The smallest absolute Gasteiger partial charge is 0.271 e. The Morgan fingerprint density at radius 3 is 2.50 bits per heavy atom. The van der Waals surface area contributed by atoms with Crippen molar-refractivity contribution in [2.24, 2.45) is 4.99 Å². The van der Waals surface area contributed by atoms with E-state index in [2.05, 4.69) is 10.6 Å². The number of allylic oxidation sites excluding steroid dienone is 1. The molecule has 2 aromatic carbocycles. The third kappa shape index (κ3) is 4.66. The fourth-order valence-corrected chi connectivity index (χ4v) is 6.90. The minimum absolute atomic E-state index is 0.122. The molecule has 1 atom stereocenters. The summed E-state index contributed by atoms with van der Waals surface area (Å²) in [7, 11) is 0. The van der Waals surface area contributed by atoms with E-state index in [0.717, 1.165) is 34.0 Å². The first kappa shape index (κ1) is 28.1. The van der Waals surface area contributed by atoms with Crippen molar-refractivity contribution in [1.29, 1.82) is 0 Å². The van der Waals surface area contributed by atoms with E-state index in [4.69, 9.17) is 26.1 Å². The van der Waals surface area contributed by atoms with Crippen LogP contribution in [0.2, 0.25) is 5.02 Å². The van der Waals surface area contributed by atoms with Crippen molar-refractivity contribution in [2.75, 3.05) is 19.9 Å². The van der Waals surface area contributed by atoms with Crippen molar-refractivity contribution in [3.63, 3.8) is 0 Å². The van der Waals surface area contributed by atoms with Gasteiger partial charge in [-0.1, -0.05) is 35.1 Å². The molecule has 0 spiro atoms. The van der Waals surface area contributed by atoms with Crippen LogP contribution in [0.15, 0.2) is 69.6 Å². The number of aryl methyl sites for hydroxylation is 1. The maximum Gasteiger partial charge on any atom is 0.271 e. The number of ether oxygens (including phenoxy) is 2. The third-order valence-corrected chi connectivity index (χ3v) is 9.09. The molecule has 0 saturated heterocycles. The molecule has 0 saturated carbocycles. The second-order valence-corrected chi connectivity index (χ2v) is 11.8. The van der Waals surface area contributed by atoms with Crippen LogP contribution in [0.5, 0.6) is 11.5 Å². The van der Waals surface area contributed by atoms with Crippen LogP contribution in [0.1, 0.15) is 49.3 Å². The zero-order valence-electron chi connectivity index (χ0n) is 24.1. The molecule has 0 bridgehead atoms. The van der Waals surface area contributed by atoms with Crippen LogP contribution in [0.4, 0.5) is 0 Å². The van der Waals surface area contributed by atoms with Gasteiger partial charge >= 0.3 is 0 Å². The average Bonchev–Trinajstić information content (AvgIpc) is 3.64. The number of thiazole rings is 1. The zero-order chi connectivity index (χ0) is 29.7. The number of amides is 1. The van der Waals surface area contributed by atoms with Gasteiger partial charge in [0.2, 0.25) is 6.79 Å². The Balaban J connectivity index is 1.49. The van der Waals surface area contributed by atoms with Crippen LogP contribution in [-0.4, -0.2) is 39.8 Å². The second-order valence-electron chi connectivity index (χ2n) is 10.3. The summed E-state index contributed by atoms with van der Waals surface area (Å²) in [5.41, 5.74) is 5.61. The van der Waals surface area contributed by atoms with Gasteiger partial charge in [-0.3, -0.25) is 14.2 Å². The first-order valence-electron chi connectivity index (χ1n) is 13.9. The number of benzene rings is 2. The molecule has 2 aliphatic heterocycles. The lowest BCUT2D eigenvalue weighted by Crippen LogP contribution is -2.43. The van der Waals surface area contributed by atoms with E-state index in [9.17, 15) is 9.59 Å². The minimum atomic E-state index is -0.616. The van der Waals surface area contributed by atoms with Crippen LogP contribution >= 0.6 is 22.9 Å². The third-order valence-electron chi connectivity index (χ3n) is 7.86. The lowest BCUT2D eigenvalue weighted by atomic mass is 9.94. The molecule has 0 radical (unpaired) electrons. The molecule has 216 valence electrons. The van der Waals surface area contributed by atoms with Gasteiger partial charge in [-0.2, -0.15) is 0 Å². The molecule has 0 fully saturated rings. The molecule has 0 unspecified atom stereocenters. The van der Waals surface area contributed by atoms with Crippen molar-refractivity contribution in [1.82, 2.24) is 14.0 Å². The van der Waals surface area contributed by atoms with E-state index in [1.807, 2.05) is 71.0 Å². The molecule has 42 heavy (non-hydrogen) atoms. The number of hydrogen-bond donors (Lipinski definition) is 0. The molecule has 10 heteroatoms.